The quantitative estimate of drug-likeness (QED) is 0.492. The topological polar surface area (TPSA) is 76.5 Å². The van der Waals surface area contributed by atoms with E-state index in [-0.39, 0.29) is 18.2 Å². The van der Waals surface area contributed by atoms with E-state index >= 15 is 0 Å². The molecule has 1 rings (SSSR count). The number of hydrogen-bond donors (Lipinski definition) is 1. The lowest BCUT2D eigenvalue weighted by Gasteiger charge is -2.11. The second-order valence-electron chi connectivity index (χ2n) is 3.33. The summed E-state index contributed by atoms with van der Waals surface area (Å²) in [6, 6.07) is 3.14. The van der Waals surface area contributed by atoms with Crippen molar-refractivity contribution in [2.24, 2.45) is 5.92 Å². The van der Waals surface area contributed by atoms with E-state index < -0.39 is 17.9 Å². The molecule has 92 valence electrons. The van der Waals surface area contributed by atoms with Crippen LogP contribution in [0.3, 0.4) is 0 Å². The minimum absolute atomic E-state index is 0.0381. The van der Waals surface area contributed by atoms with Gasteiger partial charge in [0.05, 0.1) is 6.61 Å². The van der Waals surface area contributed by atoms with Crippen LogP contribution in [0.5, 0.6) is 0 Å². The second-order valence-corrected chi connectivity index (χ2v) is 3.72. The van der Waals surface area contributed by atoms with Crippen molar-refractivity contribution >= 4 is 23.5 Å². The first-order chi connectivity index (χ1) is 8.04. The first-order valence-electron chi connectivity index (χ1n) is 5.04. The summed E-state index contributed by atoms with van der Waals surface area (Å²) in [7, 11) is 0. The summed E-state index contributed by atoms with van der Waals surface area (Å²) < 4.78 is 4.70. The number of halogens is 1. The highest BCUT2D eigenvalue weighted by Crippen LogP contribution is 2.14. The molecule has 0 aliphatic heterocycles. The smallest absolute Gasteiger partial charge is 0.320 e. The van der Waals surface area contributed by atoms with Crippen LogP contribution >= 0.6 is 11.6 Å². The number of pyridine rings is 1. The highest BCUT2D eigenvalue weighted by Gasteiger charge is 2.27. The van der Waals surface area contributed by atoms with Crippen molar-refractivity contribution < 1.29 is 19.4 Å². The molecule has 0 aliphatic carbocycles. The van der Waals surface area contributed by atoms with Crippen molar-refractivity contribution in [3.63, 3.8) is 0 Å². The molecule has 0 aromatic carbocycles. The van der Waals surface area contributed by atoms with E-state index in [0.717, 1.165) is 0 Å². The number of carboxylic acids is 1. The Morgan fingerprint density at radius 3 is 2.82 bits per heavy atom. The highest BCUT2D eigenvalue weighted by molar-refractivity contribution is 6.29. The van der Waals surface area contributed by atoms with E-state index in [9.17, 15) is 9.59 Å². The standard InChI is InChI=1S/C11H12ClNO4/c1-2-17-11(16)8(10(14)15)5-7-3-4-13-9(12)6-7/h3-4,6,8H,2,5H2,1H3,(H,14,15). The molecule has 0 fully saturated rings. The van der Waals surface area contributed by atoms with Gasteiger partial charge in [0.1, 0.15) is 5.15 Å². The Kier molecular flexibility index (Phi) is 4.90. The van der Waals surface area contributed by atoms with Gasteiger partial charge >= 0.3 is 11.9 Å². The van der Waals surface area contributed by atoms with Crippen molar-refractivity contribution in [3.8, 4) is 0 Å². The van der Waals surface area contributed by atoms with Crippen LogP contribution in [0.4, 0.5) is 0 Å². The number of ether oxygens (including phenoxy) is 1. The molecule has 1 N–H and O–H groups in total. The monoisotopic (exact) mass is 257 g/mol. The molecule has 0 saturated heterocycles. The zero-order valence-electron chi connectivity index (χ0n) is 9.22. The molecule has 1 heterocycles. The molecular weight excluding hydrogens is 246 g/mol. The molecule has 1 atom stereocenters. The first-order valence-corrected chi connectivity index (χ1v) is 5.42. The fourth-order valence-electron chi connectivity index (χ4n) is 1.32. The summed E-state index contributed by atoms with van der Waals surface area (Å²) in [5, 5.41) is 9.21. The third-order valence-electron chi connectivity index (χ3n) is 2.10. The van der Waals surface area contributed by atoms with E-state index in [4.69, 9.17) is 21.4 Å². The SMILES string of the molecule is CCOC(=O)C(Cc1ccnc(Cl)c1)C(=O)O. The van der Waals surface area contributed by atoms with Gasteiger partial charge in [0, 0.05) is 6.20 Å². The second kappa shape index (κ2) is 6.20. The molecule has 0 amide bonds. The first kappa shape index (κ1) is 13.4. The molecule has 0 spiro atoms. The molecular formula is C11H12ClNO4. The molecule has 0 radical (unpaired) electrons. The minimum Gasteiger partial charge on any atom is -0.481 e. The van der Waals surface area contributed by atoms with Crippen LogP contribution < -0.4 is 0 Å². The van der Waals surface area contributed by atoms with E-state index in [0.29, 0.717) is 5.56 Å². The van der Waals surface area contributed by atoms with Gasteiger partial charge in [0.15, 0.2) is 5.92 Å². The lowest BCUT2D eigenvalue weighted by molar-refractivity contribution is -0.158. The fraction of sp³-hybridized carbons (Fsp3) is 0.364. The summed E-state index contributed by atoms with van der Waals surface area (Å²) in [5.41, 5.74) is 0.630. The number of hydrogen-bond acceptors (Lipinski definition) is 4. The fourth-order valence-corrected chi connectivity index (χ4v) is 1.52. The van der Waals surface area contributed by atoms with Gasteiger partial charge in [-0.15, -0.1) is 0 Å². The number of carboxylic acid groups (broad SMARTS) is 1. The maximum atomic E-state index is 11.4. The van der Waals surface area contributed by atoms with Gasteiger partial charge in [-0.2, -0.15) is 0 Å². The van der Waals surface area contributed by atoms with Gasteiger partial charge < -0.3 is 9.84 Å². The van der Waals surface area contributed by atoms with Gasteiger partial charge in [-0.25, -0.2) is 4.98 Å². The predicted molar refractivity (Wildman–Crippen MR) is 60.7 cm³/mol. The third kappa shape index (κ3) is 4.03. The van der Waals surface area contributed by atoms with Gasteiger partial charge in [0.2, 0.25) is 0 Å². The average molecular weight is 258 g/mol. The molecule has 1 unspecified atom stereocenters. The minimum atomic E-state index is -1.21. The van der Waals surface area contributed by atoms with Gasteiger partial charge in [-0.3, -0.25) is 9.59 Å². The van der Waals surface area contributed by atoms with Crippen LogP contribution in [0.25, 0.3) is 0 Å². The lowest BCUT2D eigenvalue weighted by Crippen LogP contribution is -2.27. The van der Waals surface area contributed by atoms with Gasteiger partial charge in [0.25, 0.3) is 0 Å². The largest absolute Gasteiger partial charge is 0.481 e. The highest BCUT2D eigenvalue weighted by atomic mass is 35.5. The Hall–Kier alpha value is -1.62. The van der Waals surface area contributed by atoms with Gasteiger partial charge in [-0.1, -0.05) is 11.6 Å². The summed E-state index contributed by atoms with van der Waals surface area (Å²) in [6.45, 7) is 1.78. The van der Waals surface area contributed by atoms with Crippen LogP contribution in [0.2, 0.25) is 5.15 Å². The zero-order chi connectivity index (χ0) is 12.8. The Bertz CT molecular complexity index is 422. The summed E-state index contributed by atoms with van der Waals surface area (Å²) >= 11 is 5.67. The zero-order valence-corrected chi connectivity index (χ0v) is 9.98. The van der Waals surface area contributed by atoms with Crippen molar-refractivity contribution in [1.82, 2.24) is 4.98 Å². The maximum Gasteiger partial charge on any atom is 0.320 e. The number of esters is 1. The molecule has 5 nitrogen and oxygen atoms in total. The number of carbonyl (C=O) groups excluding carboxylic acids is 1. The van der Waals surface area contributed by atoms with E-state index in [1.165, 1.54) is 12.3 Å². The third-order valence-corrected chi connectivity index (χ3v) is 2.31. The number of aliphatic carboxylic acids is 1. The molecule has 1 aromatic rings. The summed E-state index contributed by atoms with van der Waals surface area (Å²) in [5.74, 6) is -3.17. The van der Waals surface area contributed by atoms with Gasteiger partial charge in [-0.05, 0) is 31.0 Å². The van der Waals surface area contributed by atoms with Crippen molar-refractivity contribution in [3.05, 3.63) is 29.0 Å². The summed E-state index contributed by atoms with van der Waals surface area (Å²) in [6.07, 6.45) is 1.50. The van der Waals surface area contributed by atoms with Crippen molar-refractivity contribution in [2.45, 2.75) is 13.3 Å². The van der Waals surface area contributed by atoms with Crippen molar-refractivity contribution in [2.75, 3.05) is 6.61 Å². The molecule has 0 bridgehead atoms. The van der Waals surface area contributed by atoms with Crippen molar-refractivity contribution in [1.29, 1.82) is 0 Å². The molecule has 6 heteroatoms. The lowest BCUT2D eigenvalue weighted by atomic mass is 10.0. The molecule has 0 aliphatic rings. The number of rotatable bonds is 5. The maximum absolute atomic E-state index is 11.4. The Labute approximate surface area is 103 Å². The molecule has 0 saturated carbocycles. The normalized spacial score (nSPS) is 11.9. The van der Waals surface area contributed by atoms with E-state index in [1.807, 2.05) is 0 Å². The predicted octanol–water partition coefficient (Wildman–Crippen LogP) is 1.54. The number of nitrogens with zero attached hydrogens (tertiary/aromatic N) is 1. The molecule has 1 aromatic heterocycles. The van der Waals surface area contributed by atoms with E-state index in [2.05, 4.69) is 4.98 Å². The number of carbonyl (C=O) groups is 2. The van der Waals surface area contributed by atoms with Crippen LogP contribution in [-0.4, -0.2) is 28.6 Å². The molecule has 17 heavy (non-hydrogen) atoms. The summed E-state index contributed by atoms with van der Waals surface area (Å²) in [4.78, 5) is 26.2. The van der Waals surface area contributed by atoms with Crippen LogP contribution in [0.15, 0.2) is 18.3 Å². The Balaban J connectivity index is 2.80. The Morgan fingerprint density at radius 2 is 2.29 bits per heavy atom. The van der Waals surface area contributed by atoms with Crippen LogP contribution in [-0.2, 0) is 20.7 Å². The van der Waals surface area contributed by atoms with E-state index in [1.54, 1.807) is 13.0 Å². The van der Waals surface area contributed by atoms with Crippen LogP contribution in [0, 0.1) is 5.92 Å². The number of aromatic nitrogens is 1. The Morgan fingerprint density at radius 1 is 1.59 bits per heavy atom. The van der Waals surface area contributed by atoms with Crippen LogP contribution in [0.1, 0.15) is 12.5 Å². The average Bonchev–Trinajstić information content (AvgIpc) is 2.26.